The average Bonchev–Trinajstić information content (AvgIpc) is 3.11. The minimum absolute atomic E-state index is 0.243. The number of carbonyl (C=O) groups is 1. The van der Waals surface area contributed by atoms with Crippen LogP contribution in [-0.4, -0.2) is 15.9 Å². The number of halogens is 1. The van der Waals surface area contributed by atoms with Crippen LogP contribution in [-0.2, 0) is 0 Å². The topological polar surface area (TPSA) is 81.6 Å². The second-order valence-electron chi connectivity index (χ2n) is 5.94. The highest BCUT2D eigenvalue weighted by atomic mass is 35.5. The number of nitrogens with one attached hydrogen (secondary N) is 2. The van der Waals surface area contributed by atoms with E-state index in [4.69, 9.17) is 11.6 Å². The summed E-state index contributed by atoms with van der Waals surface area (Å²) in [5.41, 5.74) is 3.82. The minimum atomic E-state index is -0.243. The monoisotopic (exact) mass is 372 g/mol. The molecule has 0 unspecified atom stereocenters. The lowest BCUT2D eigenvalue weighted by Crippen LogP contribution is -2.11. The van der Waals surface area contributed by atoms with Crippen LogP contribution in [0, 0.1) is 11.3 Å². The van der Waals surface area contributed by atoms with Gasteiger partial charge in [0.2, 0.25) is 0 Å². The van der Waals surface area contributed by atoms with E-state index < -0.39 is 0 Å². The molecule has 0 saturated heterocycles. The second-order valence-corrected chi connectivity index (χ2v) is 6.38. The van der Waals surface area contributed by atoms with Gasteiger partial charge in [0.05, 0.1) is 22.7 Å². The summed E-state index contributed by atoms with van der Waals surface area (Å²) in [6, 6.07) is 21.6. The van der Waals surface area contributed by atoms with Gasteiger partial charge >= 0.3 is 0 Å². The second kappa shape index (κ2) is 6.94. The third kappa shape index (κ3) is 3.39. The highest BCUT2D eigenvalue weighted by molar-refractivity contribution is 6.31. The number of aromatic amines is 1. The summed E-state index contributed by atoms with van der Waals surface area (Å²) in [5.74, 6) is 0.349. The molecule has 27 heavy (non-hydrogen) atoms. The normalized spacial score (nSPS) is 10.5. The number of carbonyl (C=O) groups excluding carboxylic acids is 1. The van der Waals surface area contributed by atoms with E-state index in [1.807, 2.05) is 18.2 Å². The Bertz CT molecular complexity index is 1210. The van der Waals surface area contributed by atoms with E-state index in [0.717, 1.165) is 16.6 Å². The Morgan fingerprint density at radius 3 is 2.74 bits per heavy atom. The van der Waals surface area contributed by atoms with Crippen LogP contribution in [0.2, 0.25) is 5.02 Å². The molecular weight excluding hydrogens is 360 g/mol. The maximum Gasteiger partial charge on any atom is 0.255 e. The average molecular weight is 373 g/mol. The third-order valence-electron chi connectivity index (χ3n) is 4.13. The van der Waals surface area contributed by atoms with Gasteiger partial charge in [0.15, 0.2) is 0 Å². The fourth-order valence-electron chi connectivity index (χ4n) is 2.84. The molecule has 1 amide bonds. The Labute approximate surface area is 160 Å². The van der Waals surface area contributed by atoms with Crippen molar-refractivity contribution in [1.29, 1.82) is 5.26 Å². The molecule has 0 saturated carbocycles. The van der Waals surface area contributed by atoms with Gasteiger partial charge in [0.25, 0.3) is 5.91 Å². The van der Waals surface area contributed by atoms with E-state index in [1.54, 1.807) is 48.5 Å². The lowest BCUT2D eigenvalue weighted by Gasteiger charge is -2.05. The van der Waals surface area contributed by atoms with Gasteiger partial charge in [-0.1, -0.05) is 29.8 Å². The molecule has 0 bridgehead atoms. The van der Waals surface area contributed by atoms with E-state index in [1.165, 1.54) is 0 Å². The number of hydrogen-bond acceptors (Lipinski definition) is 3. The van der Waals surface area contributed by atoms with Crippen molar-refractivity contribution in [2.75, 3.05) is 5.32 Å². The number of hydrogen-bond donors (Lipinski definition) is 2. The molecule has 1 aromatic heterocycles. The van der Waals surface area contributed by atoms with Gasteiger partial charge in [-0.2, -0.15) is 5.26 Å². The fourth-order valence-corrected chi connectivity index (χ4v) is 3.03. The molecule has 0 fully saturated rings. The van der Waals surface area contributed by atoms with Crippen LogP contribution >= 0.6 is 11.6 Å². The van der Waals surface area contributed by atoms with Gasteiger partial charge < -0.3 is 10.3 Å². The molecule has 4 aromatic rings. The van der Waals surface area contributed by atoms with E-state index in [2.05, 4.69) is 21.4 Å². The molecule has 0 aliphatic rings. The van der Waals surface area contributed by atoms with Crippen molar-refractivity contribution in [2.24, 2.45) is 0 Å². The molecule has 0 radical (unpaired) electrons. The number of H-pyrrole nitrogens is 1. The first-order valence-corrected chi connectivity index (χ1v) is 8.58. The zero-order chi connectivity index (χ0) is 18.8. The number of amides is 1. The van der Waals surface area contributed by atoms with Crippen LogP contribution in [0.3, 0.4) is 0 Å². The molecule has 130 valence electrons. The van der Waals surface area contributed by atoms with Crippen LogP contribution < -0.4 is 5.32 Å². The first-order valence-electron chi connectivity index (χ1n) is 8.20. The molecular formula is C21H13ClN4O. The van der Waals surface area contributed by atoms with Crippen molar-refractivity contribution in [3.8, 4) is 17.5 Å². The molecule has 0 aliphatic heterocycles. The Balaban J connectivity index is 1.67. The Hall–Kier alpha value is -3.62. The van der Waals surface area contributed by atoms with Crippen LogP contribution in [0.25, 0.3) is 22.4 Å². The van der Waals surface area contributed by atoms with Crippen molar-refractivity contribution in [2.45, 2.75) is 0 Å². The van der Waals surface area contributed by atoms with Crippen molar-refractivity contribution in [1.82, 2.24) is 9.97 Å². The molecule has 0 atom stereocenters. The SMILES string of the molecule is N#Cc1ccccc1-c1nc2ccc(C(=O)Nc3cccc(Cl)c3)cc2[nH]1. The number of benzene rings is 3. The summed E-state index contributed by atoms with van der Waals surface area (Å²) in [5, 5.41) is 12.7. The van der Waals surface area contributed by atoms with E-state index in [9.17, 15) is 10.1 Å². The maximum atomic E-state index is 12.5. The minimum Gasteiger partial charge on any atom is -0.338 e. The van der Waals surface area contributed by atoms with Crippen LogP contribution in [0.15, 0.2) is 66.7 Å². The van der Waals surface area contributed by atoms with Crippen molar-refractivity contribution in [3.05, 3.63) is 82.9 Å². The quantitative estimate of drug-likeness (QED) is 0.530. The van der Waals surface area contributed by atoms with Gasteiger partial charge in [-0.3, -0.25) is 4.79 Å². The Morgan fingerprint density at radius 1 is 1.07 bits per heavy atom. The molecule has 5 nitrogen and oxygen atoms in total. The van der Waals surface area contributed by atoms with E-state index >= 15 is 0 Å². The van der Waals surface area contributed by atoms with Crippen LogP contribution in [0.1, 0.15) is 15.9 Å². The zero-order valence-electron chi connectivity index (χ0n) is 14.0. The van der Waals surface area contributed by atoms with Gasteiger partial charge in [-0.05, 0) is 48.5 Å². The number of anilines is 1. The highest BCUT2D eigenvalue weighted by Gasteiger charge is 2.12. The standard InChI is InChI=1S/C21H13ClN4O/c22-15-5-3-6-16(11-15)24-21(27)13-8-9-18-19(10-13)26-20(25-18)17-7-2-1-4-14(17)12-23/h1-11H,(H,24,27)(H,25,26). The number of aromatic nitrogens is 2. The lowest BCUT2D eigenvalue weighted by molar-refractivity contribution is 0.102. The van der Waals surface area contributed by atoms with Crippen molar-refractivity contribution in [3.63, 3.8) is 0 Å². The van der Waals surface area contributed by atoms with Crippen molar-refractivity contribution < 1.29 is 4.79 Å². The Kier molecular flexibility index (Phi) is 4.33. The number of imidazole rings is 1. The zero-order valence-corrected chi connectivity index (χ0v) is 14.8. The summed E-state index contributed by atoms with van der Waals surface area (Å²) in [4.78, 5) is 20.2. The van der Waals surface area contributed by atoms with E-state index in [-0.39, 0.29) is 5.91 Å². The predicted octanol–water partition coefficient (Wildman–Crippen LogP) is 5.01. The van der Waals surface area contributed by atoms with Crippen molar-refractivity contribution >= 4 is 34.2 Å². The van der Waals surface area contributed by atoms with Gasteiger partial charge in [0.1, 0.15) is 5.82 Å². The Morgan fingerprint density at radius 2 is 1.93 bits per heavy atom. The molecule has 0 aliphatic carbocycles. The summed E-state index contributed by atoms with van der Waals surface area (Å²) < 4.78 is 0. The first-order chi connectivity index (χ1) is 13.1. The molecule has 2 N–H and O–H groups in total. The summed E-state index contributed by atoms with van der Waals surface area (Å²) in [6.07, 6.45) is 0. The lowest BCUT2D eigenvalue weighted by atomic mass is 10.1. The third-order valence-corrected chi connectivity index (χ3v) is 4.36. The summed E-state index contributed by atoms with van der Waals surface area (Å²) >= 11 is 5.95. The maximum absolute atomic E-state index is 12.5. The smallest absolute Gasteiger partial charge is 0.255 e. The highest BCUT2D eigenvalue weighted by Crippen LogP contribution is 2.24. The first kappa shape index (κ1) is 16.8. The number of nitriles is 1. The molecule has 0 spiro atoms. The molecule has 3 aromatic carbocycles. The van der Waals surface area contributed by atoms with Gasteiger partial charge in [0, 0.05) is 21.8 Å². The van der Waals surface area contributed by atoms with Crippen LogP contribution in [0.4, 0.5) is 5.69 Å². The number of rotatable bonds is 3. The van der Waals surface area contributed by atoms with Gasteiger partial charge in [-0.15, -0.1) is 0 Å². The van der Waals surface area contributed by atoms with Crippen LogP contribution in [0.5, 0.6) is 0 Å². The number of nitrogens with zero attached hydrogens (tertiary/aromatic N) is 2. The summed E-state index contributed by atoms with van der Waals surface area (Å²) in [7, 11) is 0. The molecule has 1 heterocycles. The van der Waals surface area contributed by atoms with E-state index in [0.29, 0.717) is 27.7 Å². The van der Waals surface area contributed by atoms with Gasteiger partial charge in [-0.25, -0.2) is 4.98 Å². The molecule has 4 rings (SSSR count). The predicted molar refractivity (Wildman–Crippen MR) is 106 cm³/mol. The largest absolute Gasteiger partial charge is 0.338 e. The number of fused-ring (bicyclic) bond motifs is 1. The summed E-state index contributed by atoms with van der Waals surface area (Å²) in [6.45, 7) is 0. The molecule has 6 heteroatoms. The fraction of sp³-hybridized carbons (Fsp3) is 0.